The van der Waals surface area contributed by atoms with Gasteiger partial charge in [-0.15, -0.1) is 0 Å². The van der Waals surface area contributed by atoms with E-state index in [-0.39, 0.29) is 12.1 Å². The Morgan fingerprint density at radius 1 is 1.17 bits per heavy atom. The van der Waals surface area contributed by atoms with E-state index < -0.39 is 5.60 Å². The average molecular weight is 320 g/mol. The van der Waals surface area contributed by atoms with Gasteiger partial charge in [0, 0.05) is 18.1 Å². The van der Waals surface area contributed by atoms with Crippen LogP contribution in [-0.2, 0) is 4.74 Å². The number of hydrogen-bond acceptors (Lipinski definition) is 3. The number of carbonyl (C=O) groups is 1. The fourth-order valence-electron chi connectivity index (χ4n) is 4.65. The van der Waals surface area contributed by atoms with E-state index in [2.05, 4.69) is 29.7 Å². The third kappa shape index (κ3) is 4.09. The first-order chi connectivity index (χ1) is 10.8. The molecule has 0 aromatic rings. The zero-order valence-corrected chi connectivity index (χ0v) is 15.0. The van der Waals surface area contributed by atoms with Crippen LogP contribution in [0.25, 0.3) is 0 Å². The van der Waals surface area contributed by atoms with Gasteiger partial charge in [-0.2, -0.15) is 0 Å². The molecular weight excluding hydrogens is 288 g/mol. The maximum Gasteiger partial charge on any atom is 0.407 e. The molecule has 23 heavy (non-hydrogen) atoms. The molecular formula is C19H32N2O2. The first-order valence-corrected chi connectivity index (χ1v) is 9.26. The maximum absolute atomic E-state index is 12.0. The van der Waals surface area contributed by atoms with Gasteiger partial charge < -0.3 is 15.4 Å². The zero-order valence-electron chi connectivity index (χ0n) is 15.0. The molecule has 0 aliphatic heterocycles. The monoisotopic (exact) mass is 320 g/mol. The summed E-state index contributed by atoms with van der Waals surface area (Å²) in [6, 6.07) is 1.09. The van der Waals surface area contributed by atoms with E-state index in [1.54, 1.807) is 0 Å². The number of hydrogen-bond donors (Lipinski definition) is 2. The maximum atomic E-state index is 12.0. The molecule has 2 N–H and O–H groups in total. The van der Waals surface area contributed by atoms with Crippen molar-refractivity contribution < 1.29 is 9.53 Å². The molecule has 3 aliphatic carbocycles. The molecule has 0 saturated heterocycles. The zero-order chi connectivity index (χ0) is 16.6. The van der Waals surface area contributed by atoms with Gasteiger partial charge in [0.2, 0.25) is 0 Å². The molecule has 0 spiro atoms. The third-order valence-corrected chi connectivity index (χ3v) is 5.67. The lowest BCUT2D eigenvalue weighted by Crippen LogP contribution is -2.52. The van der Waals surface area contributed by atoms with Crippen LogP contribution in [0.15, 0.2) is 12.2 Å². The lowest BCUT2D eigenvalue weighted by molar-refractivity contribution is 0.0495. The van der Waals surface area contributed by atoms with Crippen LogP contribution in [0.4, 0.5) is 4.79 Å². The Bertz CT molecular complexity index is 468. The summed E-state index contributed by atoms with van der Waals surface area (Å²) in [7, 11) is 0. The minimum absolute atomic E-state index is 0.196. The highest BCUT2D eigenvalue weighted by molar-refractivity contribution is 5.68. The molecule has 2 fully saturated rings. The molecule has 1 amide bonds. The second-order valence-electron chi connectivity index (χ2n) is 8.69. The molecule has 6 unspecified atom stereocenters. The molecule has 2 saturated carbocycles. The number of amides is 1. The highest BCUT2D eigenvalue weighted by Crippen LogP contribution is 2.45. The largest absolute Gasteiger partial charge is 0.444 e. The van der Waals surface area contributed by atoms with Gasteiger partial charge in [-0.3, -0.25) is 0 Å². The Kier molecular flexibility index (Phi) is 4.73. The lowest BCUT2D eigenvalue weighted by Gasteiger charge is -2.32. The first-order valence-electron chi connectivity index (χ1n) is 9.26. The van der Waals surface area contributed by atoms with Crippen molar-refractivity contribution in [2.24, 2.45) is 17.8 Å². The molecule has 130 valence electrons. The van der Waals surface area contributed by atoms with Crippen molar-refractivity contribution in [3.63, 3.8) is 0 Å². The van der Waals surface area contributed by atoms with Crippen LogP contribution in [0.5, 0.6) is 0 Å². The number of allylic oxidation sites excluding steroid dienone is 2. The Hall–Kier alpha value is -1.03. The van der Waals surface area contributed by atoms with Crippen LogP contribution < -0.4 is 10.6 Å². The fourth-order valence-corrected chi connectivity index (χ4v) is 4.65. The average Bonchev–Trinajstić information content (AvgIpc) is 3.13. The van der Waals surface area contributed by atoms with Crippen molar-refractivity contribution in [2.45, 2.75) is 83.5 Å². The molecule has 2 bridgehead atoms. The minimum Gasteiger partial charge on any atom is -0.444 e. The summed E-state index contributed by atoms with van der Waals surface area (Å²) in [5.41, 5.74) is -0.436. The SMILES string of the molecule is CC(NC1CCCC1NC(=O)OC(C)(C)C)C1CC2C=CC1C2. The van der Waals surface area contributed by atoms with Crippen LogP contribution >= 0.6 is 0 Å². The van der Waals surface area contributed by atoms with Gasteiger partial charge >= 0.3 is 6.09 Å². The third-order valence-electron chi connectivity index (χ3n) is 5.67. The predicted molar refractivity (Wildman–Crippen MR) is 92.2 cm³/mol. The minimum atomic E-state index is -0.436. The van der Waals surface area contributed by atoms with Crippen molar-refractivity contribution in [3.05, 3.63) is 12.2 Å². The van der Waals surface area contributed by atoms with Gasteiger partial charge in [0.05, 0.1) is 0 Å². The van der Waals surface area contributed by atoms with Gasteiger partial charge in [-0.25, -0.2) is 4.79 Å². The van der Waals surface area contributed by atoms with Crippen molar-refractivity contribution in [3.8, 4) is 0 Å². The molecule has 0 radical (unpaired) electrons. The van der Waals surface area contributed by atoms with Crippen molar-refractivity contribution >= 4 is 6.09 Å². The van der Waals surface area contributed by atoms with E-state index in [0.29, 0.717) is 12.1 Å². The Labute approximate surface area is 140 Å². The summed E-state index contributed by atoms with van der Waals surface area (Å²) in [5, 5.41) is 6.90. The van der Waals surface area contributed by atoms with Gasteiger partial charge in [-0.05, 0) is 77.6 Å². The summed E-state index contributed by atoms with van der Waals surface area (Å²) in [5.74, 6) is 2.34. The van der Waals surface area contributed by atoms with Crippen molar-refractivity contribution in [1.82, 2.24) is 10.6 Å². The Morgan fingerprint density at radius 2 is 1.91 bits per heavy atom. The van der Waals surface area contributed by atoms with E-state index in [0.717, 1.165) is 30.6 Å². The Balaban J connectivity index is 1.51. The quantitative estimate of drug-likeness (QED) is 0.778. The molecule has 3 rings (SSSR count). The van der Waals surface area contributed by atoms with Crippen LogP contribution in [-0.4, -0.2) is 29.8 Å². The summed E-state index contributed by atoms with van der Waals surface area (Å²) in [4.78, 5) is 12.0. The van der Waals surface area contributed by atoms with Gasteiger partial charge in [0.25, 0.3) is 0 Å². The molecule has 6 atom stereocenters. The molecule has 0 heterocycles. The number of ether oxygens (including phenoxy) is 1. The summed E-state index contributed by atoms with van der Waals surface area (Å²) in [6.07, 6.45) is 10.6. The summed E-state index contributed by atoms with van der Waals surface area (Å²) >= 11 is 0. The topological polar surface area (TPSA) is 50.4 Å². The van der Waals surface area contributed by atoms with Crippen LogP contribution in [0.3, 0.4) is 0 Å². The molecule has 3 aliphatic rings. The van der Waals surface area contributed by atoms with Crippen molar-refractivity contribution in [2.75, 3.05) is 0 Å². The standard InChI is InChI=1S/C19H32N2O2/c1-12(15-11-13-8-9-14(15)10-13)20-16-6-5-7-17(16)21-18(22)23-19(2,3)4/h8-9,12-17,20H,5-7,10-11H2,1-4H3,(H,21,22). The van der Waals surface area contributed by atoms with Crippen LogP contribution in [0.2, 0.25) is 0 Å². The van der Waals surface area contributed by atoms with E-state index in [4.69, 9.17) is 4.74 Å². The Morgan fingerprint density at radius 3 is 2.52 bits per heavy atom. The van der Waals surface area contributed by atoms with Gasteiger partial charge in [-0.1, -0.05) is 12.2 Å². The molecule has 4 nitrogen and oxygen atoms in total. The number of nitrogens with one attached hydrogen (secondary N) is 2. The molecule has 4 heteroatoms. The number of rotatable bonds is 4. The van der Waals surface area contributed by atoms with E-state index in [1.165, 1.54) is 19.3 Å². The van der Waals surface area contributed by atoms with Gasteiger partial charge in [0.15, 0.2) is 0 Å². The predicted octanol–water partition coefficient (Wildman–Crippen LogP) is 3.62. The highest BCUT2D eigenvalue weighted by Gasteiger charge is 2.40. The summed E-state index contributed by atoms with van der Waals surface area (Å²) in [6.45, 7) is 8.03. The smallest absolute Gasteiger partial charge is 0.407 e. The van der Waals surface area contributed by atoms with E-state index in [9.17, 15) is 4.79 Å². The van der Waals surface area contributed by atoms with Crippen LogP contribution in [0.1, 0.15) is 59.8 Å². The molecule has 0 aromatic heterocycles. The van der Waals surface area contributed by atoms with Crippen molar-refractivity contribution in [1.29, 1.82) is 0 Å². The van der Waals surface area contributed by atoms with Gasteiger partial charge in [0.1, 0.15) is 5.60 Å². The first kappa shape index (κ1) is 16.8. The lowest BCUT2D eigenvalue weighted by atomic mass is 9.87. The summed E-state index contributed by atoms with van der Waals surface area (Å²) < 4.78 is 5.41. The second kappa shape index (κ2) is 6.46. The fraction of sp³-hybridized carbons (Fsp3) is 0.842. The second-order valence-corrected chi connectivity index (χ2v) is 8.69. The normalized spacial score (nSPS) is 37.1. The number of alkyl carbamates (subject to hydrolysis) is 1. The van der Waals surface area contributed by atoms with Crippen LogP contribution in [0, 0.1) is 17.8 Å². The van der Waals surface area contributed by atoms with E-state index >= 15 is 0 Å². The molecule has 0 aromatic carbocycles. The van der Waals surface area contributed by atoms with E-state index in [1.807, 2.05) is 20.8 Å². The number of fused-ring (bicyclic) bond motifs is 2. The number of carbonyl (C=O) groups excluding carboxylic acids is 1. The highest BCUT2D eigenvalue weighted by atomic mass is 16.6.